The van der Waals surface area contributed by atoms with Gasteiger partial charge in [-0.15, -0.1) is 0 Å². The fourth-order valence-electron chi connectivity index (χ4n) is 2.97. The Labute approximate surface area is 138 Å². The second-order valence-electron chi connectivity index (χ2n) is 7.33. The van der Waals surface area contributed by atoms with Crippen LogP contribution >= 0.6 is 0 Å². The predicted molar refractivity (Wildman–Crippen MR) is 96.7 cm³/mol. The number of anilines is 2. The summed E-state index contributed by atoms with van der Waals surface area (Å²) in [5.74, 6) is 1.59. The molecule has 1 aliphatic carbocycles. The van der Waals surface area contributed by atoms with Crippen LogP contribution in [-0.2, 0) is 0 Å². The molecular weight excluding hydrogens is 284 g/mol. The van der Waals surface area contributed by atoms with Crippen molar-refractivity contribution in [3.05, 3.63) is 36.4 Å². The Morgan fingerprint density at radius 3 is 2.35 bits per heavy atom. The first-order valence-electron chi connectivity index (χ1n) is 8.49. The van der Waals surface area contributed by atoms with Gasteiger partial charge in [0.15, 0.2) is 0 Å². The van der Waals surface area contributed by atoms with Crippen LogP contribution in [0.4, 0.5) is 11.8 Å². The van der Waals surface area contributed by atoms with Gasteiger partial charge >= 0.3 is 0 Å². The van der Waals surface area contributed by atoms with Gasteiger partial charge in [-0.05, 0) is 33.6 Å². The van der Waals surface area contributed by atoms with E-state index >= 15 is 0 Å². The Hall–Kier alpha value is -2.10. The van der Waals surface area contributed by atoms with Gasteiger partial charge in [0.25, 0.3) is 0 Å². The highest BCUT2D eigenvalue weighted by atomic mass is 15.2. The van der Waals surface area contributed by atoms with Gasteiger partial charge in [-0.3, -0.25) is 0 Å². The molecule has 0 atom stereocenters. The highest BCUT2D eigenvalue weighted by Gasteiger charge is 2.18. The SMILES string of the molecule is CC(C)(C)Nc1cc(-c2ccccc2)nc(NC2CCCC2)n1. The molecule has 0 amide bonds. The van der Waals surface area contributed by atoms with E-state index in [2.05, 4.69) is 48.5 Å². The molecule has 2 N–H and O–H groups in total. The largest absolute Gasteiger partial charge is 0.365 e. The maximum absolute atomic E-state index is 4.73. The van der Waals surface area contributed by atoms with Gasteiger partial charge in [-0.1, -0.05) is 43.2 Å². The minimum atomic E-state index is -0.0348. The van der Waals surface area contributed by atoms with E-state index in [1.807, 2.05) is 24.3 Å². The Morgan fingerprint density at radius 2 is 1.70 bits per heavy atom. The summed E-state index contributed by atoms with van der Waals surface area (Å²) in [7, 11) is 0. The van der Waals surface area contributed by atoms with Crippen LogP contribution in [0.15, 0.2) is 36.4 Å². The molecule has 1 heterocycles. The number of rotatable bonds is 4. The van der Waals surface area contributed by atoms with E-state index in [9.17, 15) is 0 Å². The average Bonchev–Trinajstić information content (AvgIpc) is 2.99. The third kappa shape index (κ3) is 4.44. The highest BCUT2D eigenvalue weighted by molar-refractivity contribution is 5.64. The van der Waals surface area contributed by atoms with Gasteiger partial charge in [0, 0.05) is 23.2 Å². The molecule has 0 bridgehead atoms. The lowest BCUT2D eigenvalue weighted by Gasteiger charge is -2.22. The number of benzene rings is 1. The third-order valence-corrected chi connectivity index (χ3v) is 3.99. The minimum Gasteiger partial charge on any atom is -0.365 e. The van der Waals surface area contributed by atoms with Crippen LogP contribution < -0.4 is 10.6 Å². The number of nitrogens with one attached hydrogen (secondary N) is 2. The molecule has 0 aliphatic heterocycles. The zero-order chi connectivity index (χ0) is 16.3. The minimum absolute atomic E-state index is 0.0348. The topological polar surface area (TPSA) is 49.8 Å². The molecule has 4 heteroatoms. The van der Waals surface area contributed by atoms with Crippen molar-refractivity contribution in [2.45, 2.75) is 58.0 Å². The first kappa shape index (κ1) is 15.8. The fourth-order valence-corrected chi connectivity index (χ4v) is 2.97. The molecule has 0 unspecified atom stereocenters. The summed E-state index contributed by atoms with van der Waals surface area (Å²) in [6.07, 6.45) is 5.01. The molecule has 0 radical (unpaired) electrons. The summed E-state index contributed by atoms with van der Waals surface area (Å²) >= 11 is 0. The van der Waals surface area contributed by atoms with Gasteiger partial charge in [0.2, 0.25) is 5.95 Å². The lowest BCUT2D eigenvalue weighted by atomic mass is 10.1. The van der Waals surface area contributed by atoms with E-state index in [0.717, 1.165) is 23.0 Å². The summed E-state index contributed by atoms with van der Waals surface area (Å²) in [4.78, 5) is 9.41. The van der Waals surface area contributed by atoms with Crippen molar-refractivity contribution in [2.24, 2.45) is 0 Å². The van der Waals surface area contributed by atoms with Crippen molar-refractivity contribution < 1.29 is 0 Å². The van der Waals surface area contributed by atoms with Crippen molar-refractivity contribution in [3.63, 3.8) is 0 Å². The fraction of sp³-hybridized carbons (Fsp3) is 0.474. The normalized spacial score (nSPS) is 15.6. The van der Waals surface area contributed by atoms with Crippen LogP contribution in [0.2, 0.25) is 0 Å². The Balaban J connectivity index is 1.92. The van der Waals surface area contributed by atoms with E-state index in [4.69, 9.17) is 4.98 Å². The van der Waals surface area contributed by atoms with Crippen LogP contribution in [0.3, 0.4) is 0 Å². The molecule has 122 valence electrons. The number of aromatic nitrogens is 2. The second-order valence-corrected chi connectivity index (χ2v) is 7.33. The molecule has 23 heavy (non-hydrogen) atoms. The molecule has 0 spiro atoms. The monoisotopic (exact) mass is 310 g/mol. The molecular formula is C19H26N4. The summed E-state index contributed by atoms with van der Waals surface area (Å²) in [6.45, 7) is 6.42. The van der Waals surface area contributed by atoms with E-state index in [0.29, 0.717) is 6.04 Å². The Bertz CT molecular complexity index is 640. The quantitative estimate of drug-likeness (QED) is 0.858. The van der Waals surface area contributed by atoms with Crippen molar-refractivity contribution in [2.75, 3.05) is 10.6 Å². The average molecular weight is 310 g/mol. The van der Waals surface area contributed by atoms with Crippen molar-refractivity contribution in [1.82, 2.24) is 9.97 Å². The summed E-state index contributed by atoms with van der Waals surface area (Å²) in [5.41, 5.74) is 2.03. The molecule has 1 saturated carbocycles. The maximum atomic E-state index is 4.73. The van der Waals surface area contributed by atoms with Crippen LogP contribution in [0.25, 0.3) is 11.3 Å². The predicted octanol–water partition coefficient (Wildman–Crippen LogP) is 4.71. The standard InChI is InChI=1S/C19H26N4/c1-19(2,3)23-17-13-16(14-9-5-4-6-10-14)21-18(22-17)20-15-11-7-8-12-15/h4-6,9-10,13,15H,7-8,11-12H2,1-3H3,(H2,20,21,22,23). The van der Waals surface area contributed by atoms with Crippen LogP contribution in [0, 0.1) is 0 Å². The number of nitrogens with zero attached hydrogens (tertiary/aromatic N) is 2. The lowest BCUT2D eigenvalue weighted by Crippen LogP contribution is -2.27. The molecule has 0 saturated heterocycles. The van der Waals surface area contributed by atoms with Crippen LogP contribution in [0.1, 0.15) is 46.5 Å². The van der Waals surface area contributed by atoms with Gasteiger partial charge in [0.1, 0.15) is 5.82 Å². The lowest BCUT2D eigenvalue weighted by molar-refractivity contribution is 0.630. The molecule has 4 nitrogen and oxygen atoms in total. The highest BCUT2D eigenvalue weighted by Crippen LogP contribution is 2.25. The third-order valence-electron chi connectivity index (χ3n) is 3.99. The van der Waals surface area contributed by atoms with Crippen LogP contribution in [0.5, 0.6) is 0 Å². The first-order chi connectivity index (χ1) is 11.0. The molecule has 1 aromatic carbocycles. The summed E-state index contributed by atoms with van der Waals surface area (Å²) in [6, 6.07) is 12.8. The zero-order valence-electron chi connectivity index (χ0n) is 14.3. The molecule has 2 aromatic rings. The van der Waals surface area contributed by atoms with E-state index in [1.54, 1.807) is 0 Å². The Kier molecular flexibility index (Phi) is 4.51. The zero-order valence-corrected chi connectivity index (χ0v) is 14.3. The van der Waals surface area contributed by atoms with Crippen molar-refractivity contribution in [1.29, 1.82) is 0 Å². The van der Waals surface area contributed by atoms with Crippen LogP contribution in [-0.4, -0.2) is 21.5 Å². The molecule has 3 rings (SSSR count). The summed E-state index contributed by atoms with van der Waals surface area (Å²) in [5, 5.41) is 6.98. The molecule has 1 aromatic heterocycles. The van der Waals surface area contributed by atoms with Gasteiger partial charge in [0.05, 0.1) is 5.69 Å². The first-order valence-corrected chi connectivity index (χ1v) is 8.49. The second kappa shape index (κ2) is 6.57. The van der Waals surface area contributed by atoms with E-state index < -0.39 is 0 Å². The van der Waals surface area contributed by atoms with Gasteiger partial charge < -0.3 is 10.6 Å². The Morgan fingerprint density at radius 1 is 1.00 bits per heavy atom. The number of hydrogen-bond acceptors (Lipinski definition) is 4. The summed E-state index contributed by atoms with van der Waals surface area (Å²) < 4.78 is 0. The van der Waals surface area contributed by atoms with Gasteiger partial charge in [-0.25, -0.2) is 4.98 Å². The molecule has 1 aliphatic rings. The van der Waals surface area contributed by atoms with Crippen molar-refractivity contribution >= 4 is 11.8 Å². The van der Waals surface area contributed by atoms with Crippen molar-refractivity contribution in [3.8, 4) is 11.3 Å². The van der Waals surface area contributed by atoms with E-state index in [1.165, 1.54) is 25.7 Å². The number of hydrogen-bond donors (Lipinski definition) is 2. The van der Waals surface area contributed by atoms with Gasteiger partial charge in [-0.2, -0.15) is 4.98 Å². The molecule has 1 fully saturated rings. The van der Waals surface area contributed by atoms with E-state index in [-0.39, 0.29) is 5.54 Å². The maximum Gasteiger partial charge on any atom is 0.225 e. The smallest absolute Gasteiger partial charge is 0.225 e.